The first kappa shape index (κ1) is 18.9. The van der Waals surface area contributed by atoms with Gasteiger partial charge in [-0.1, -0.05) is 15.9 Å². The number of ether oxygens (including phenoxy) is 1. The Labute approximate surface area is 140 Å². The molecular weight excluding hydrogens is 349 g/mol. The Kier molecular flexibility index (Phi) is 9.82. The van der Waals surface area contributed by atoms with Gasteiger partial charge in [0, 0.05) is 30.8 Å². The first-order chi connectivity index (χ1) is 10.7. The molecule has 0 aromatic heterocycles. The molecule has 0 radical (unpaired) electrons. The summed E-state index contributed by atoms with van der Waals surface area (Å²) in [5.74, 6) is 0.498. The van der Waals surface area contributed by atoms with Gasteiger partial charge in [-0.3, -0.25) is 0 Å². The second-order valence-corrected chi connectivity index (χ2v) is 5.62. The first-order valence-corrected chi connectivity index (χ1v) is 8.50. The number of unbranched alkanes of at least 4 members (excludes halogenated alkanes) is 1. The number of aliphatic imine (C=N–C) groups is 1. The maximum absolute atomic E-state index is 13.3. The van der Waals surface area contributed by atoms with Crippen molar-refractivity contribution < 1.29 is 9.13 Å². The number of nitrogens with one attached hydrogen (secondary N) is 2. The lowest BCUT2D eigenvalue weighted by atomic mass is 10.2. The maximum Gasteiger partial charge on any atom is 0.191 e. The Morgan fingerprint density at radius 1 is 1.27 bits per heavy atom. The summed E-state index contributed by atoms with van der Waals surface area (Å²) in [5.41, 5.74) is 0.827. The van der Waals surface area contributed by atoms with Crippen LogP contribution in [0.2, 0.25) is 0 Å². The highest BCUT2D eigenvalue weighted by Crippen LogP contribution is 2.18. The molecule has 6 heteroatoms. The van der Waals surface area contributed by atoms with Crippen LogP contribution < -0.4 is 10.6 Å². The number of guanidine groups is 1. The zero-order valence-corrected chi connectivity index (χ0v) is 14.9. The topological polar surface area (TPSA) is 45.7 Å². The van der Waals surface area contributed by atoms with Gasteiger partial charge in [0.1, 0.15) is 5.82 Å². The number of hydrogen-bond donors (Lipinski definition) is 2. The molecule has 0 aliphatic heterocycles. The molecule has 22 heavy (non-hydrogen) atoms. The molecule has 0 heterocycles. The van der Waals surface area contributed by atoms with Crippen molar-refractivity contribution in [2.24, 2.45) is 4.99 Å². The maximum atomic E-state index is 13.3. The number of benzene rings is 1. The van der Waals surface area contributed by atoms with Gasteiger partial charge in [0.05, 0.1) is 6.54 Å². The van der Waals surface area contributed by atoms with E-state index in [9.17, 15) is 4.39 Å². The quantitative estimate of drug-likeness (QED) is 0.395. The van der Waals surface area contributed by atoms with Gasteiger partial charge in [-0.05, 0) is 50.5 Å². The van der Waals surface area contributed by atoms with Crippen LogP contribution in [0.3, 0.4) is 0 Å². The van der Waals surface area contributed by atoms with Crippen molar-refractivity contribution in [3.63, 3.8) is 0 Å². The molecule has 4 nitrogen and oxygen atoms in total. The summed E-state index contributed by atoms with van der Waals surface area (Å²) in [6, 6.07) is 4.63. The molecule has 2 N–H and O–H groups in total. The highest BCUT2D eigenvalue weighted by Gasteiger charge is 2.02. The van der Waals surface area contributed by atoms with E-state index in [2.05, 4.69) is 31.6 Å². The number of nitrogens with zero attached hydrogens (tertiary/aromatic N) is 1. The Morgan fingerprint density at radius 2 is 2.09 bits per heavy atom. The minimum absolute atomic E-state index is 0.248. The van der Waals surface area contributed by atoms with Crippen LogP contribution in [0.4, 0.5) is 4.39 Å². The van der Waals surface area contributed by atoms with E-state index in [1.807, 2.05) is 13.8 Å². The van der Waals surface area contributed by atoms with Crippen LogP contribution in [0.25, 0.3) is 0 Å². The van der Waals surface area contributed by atoms with Crippen LogP contribution in [0, 0.1) is 5.82 Å². The van der Waals surface area contributed by atoms with Crippen molar-refractivity contribution in [1.29, 1.82) is 0 Å². The molecule has 0 fully saturated rings. The summed E-state index contributed by atoms with van der Waals surface area (Å²) in [6.45, 7) is 7.62. The van der Waals surface area contributed by atoms with E-state index in [1.165, 1.54) is 12.1 Å². The Morgan fingerprint density at radius 3 is 2.82 bits per heavy atom. The molecule has 0 amide bonds. The van der Waals surface area contributed by atoms with Gasteiger partial charge in [-0.2, -0.15) is 0 Å². The van der Waals surface area contributed by atoms with E-state index in [1.54, 1.807) is 6.07 Å². The lowest BCUT2D eigenvalue weighted by molar-refractivity contribution is 0.143. The highest BCUT2D eigenvalue weighted by molar-refractivity contribution is 9.10. The van der Waals surface area contributed by atoms with Gasteiger partial charge in [0.25, 0.3) is 0 Å². The molecule has 0 saturated carbocycles. The SMILES string of the molecule is CCNC(=NCc1cc(F)ccc1Br)NCCCCOCC. The third-order valence-electron chi connectivity index (χ3n) is 2.97. The Balaban J connectivity index is 2.45. The summed E-state index contributed by atoms with van der Waals surface area (Å²) in [6.07, 6.45) is 2.05. The average Bonchev–Trinajstić information content (AvgIpc) is 2.51. The van der Waals surface area contributed by atoms with Crippen molar-refractivity contribution in [3.8, 4) is 0 Å². The summed E-state index contributed by atoms with van der Waals surface area (Å²) >= 11 is 3.42. The molecule has 1 aromatic carbocycles. The Hall–Kier alpha value is -1.14. The predicted octanol–water partition coefficient (Wildman–Crippen LogP) is 3.46. The van der Waals surface area contributed by atoms with E-state index in [4.69, 9.17) is 4.74 Å². The van der Waals surface area contributed by atoms with Crippen LogP contribution in [-0.4, -0.2) is 32.3 Å². The van der Waals surface area contributed by atoms with Crippen molar-refractivity contribution in [1.82, 2.24) is 10.6 Å². The van der Waals surface area contributed by atoms with Crippen LogP contribution in [-0.2, 0) is 11.3 Å². The molecule has 0 saturated heterocycles. The van der Waals surface area contributed by atoms with E-state index < -0.39 is 0 Å². The largest absolute Gasteiger partial charge is 0.382 e. The minimum atomic E-state index is -0.248. The van der Waals surface area contributed by atoms with Crippen molar-refractivity contribution in [2.75, 3.05) is 26.3 Å². The number of halogens is 2. The second kappa shape index (κ2) is 11.4. The molecule has 1 rings (SSSR count). The second-order valence-electron chi connectivity index (χ2n) is 4.76. The monoisotopic (exact) mass is 373 g/mol. The molecule has 0 aliphatic carbocycles. The van der Waals surface area contributed by atoms with Crippen molar-refractivity contribution >= 4 is 21.9 Å². The van der Waals surface area contributed by atoms with Crippen molar-refractivity contribution in [3.05, 3.63) is 34.1 Å². The van der Waals surface area contributed by atoms with Gasteiger partial charge in [-0.15, -0.1) is 0 Å². The third-order valence-corrected chi connectivity index (χ3v) is 3.75. The average molecular weight is 374 g/mol. The van der Waals surface area contributed by atoms with Crippen LogP contribution in [0.5, 0.6) is 0 Å². The fraction of sp³-hybridized carbons (Fsp3) is 0.562. The summed E-state index contributed by atoms with van der Waals surface area (Å²) in [5, 5.41) is 6.46. The molecule has 0 unspecified atom stereocenters. The fourth-order valence-electron chi connectivity index (χ4n) is 1.85. The molecular formula is C16H25BrFN3O. The molecule has 1 aromatic rings. The summed E-state index contributed by atoms with van der Waals surface area (Å²) < 4.78 is 19.4. The zero-order valence-electron chi connectivity index (χ0n) is 13.3. The van der Waals surface area contributed by atoms with E-state index in [0.717, 1.165) is 55.1 Å². The fourth-order valence-corrected chi connectivity index (χ4v) is 2.22. The normalized spacial score (nSPS) is 11.5. The standard InChI is InChI=1S/C16H25BrFN3O/c1-3-19-16(20-9-5-6-10-22-4-2)21-12-13-11-14(18)7-8-15(13)17/h7-8,11H,3-6,9-10,12H2,1-2H3,(H2,19,20,21). The van der Waals surface area contributed by atoms with Gasteiger partial charge in [-0.25, -0.2) is 9.38 Å². The predicted molar refractivity (Wildman–Crippen MR) is 92.6 cm³/mol. The van der Waals surface area contributed by atoms with Crippen LogP contribution in [0.1, 0.15) is 32.3 Å². The van der Waals surface area contributed by atoms with Gasteiger partial charge in [0.2, 0.25) is 0 Å². The van der Waals surface area contributed by atoms with E-state index >= 15 is 0 Å². The third kappa shape index (κ3) is 7.75. The van der Waals surface area contributed by atoms with Crippen LogP contribution >= 0.6 is 15.9 Å². The molecule has 0 aliphatic rings. The van der Waals surface area contributed by atoms with E-state index in [-0.39, 0.29) is 5.82 Å². The number of hydrogen-bond acceptors (Lipinski definition) is 2. The molecule has 0 bridgehead atoms. The minimum Gasteiger partial charge on any atom is -0.382 e. The van der Waals surface area contributed by atoms with Gasteiger partial charge >= 0.3 is 0 Å². The first-order valence-electron chi connectivity index (χ1n) is 7.71. The molecule has 0 spiro atoms. The van der Waals surface area contributed by atoms with Gasteiger partial charge in [0.15, 0.2) is 5.96 Å². The zero-order chi connectivity index (χ0) is 16.2. The number of rotatable bonds is 9. The molecule has 0 atom stereocenters. The van der Waals surface area contributed by atoms with Crippen LogP contribution in [0.15, 0.2) is 27.7 Å². The summed E-state index contributed by atoms with van der Waals surface area (Å²) in [7, 11) is 0. The smallest absolute Gasteiger partial charge is 0.191 e. The lowest BCUT2D eigenvalue weighted by Gasteiger charge is -2.11. The van der Waals surface area contributed by atoms with Gasteiger partial charge < -0.3 is 15.4 Å². The highest BCUT2D eigenvalue weighted by atomic mass is 79.9. The molecule has 124 valence electrons. The Bertz CT molecular complexity index is 469. The summed E-state index contributed by atoms with van der Waals surface area (Å²) in [4.78, 5) is 4.49. The lowest BCUT2D eigenvalue weighted by Crippen LogP contribution is -2.37. The van der Waals surface area contributed by atoms with Crippen molar-refractivity contribution in [2.45, 2.75) is 33.2 Å². The van der Waals surface area contributed by atoms with E-state index in [0.29, 0.717) is 6.54 Å².